The van der Waals surface area contributed by atoms with Crippen LogP contribution in [0.2, 0.25) is 0 Å². The zero-order valence-electron chi connectivity index (χ0n) is 18.4. The Morgan fingerprint density at radius 3 is 2.38 bits per heavy atom. The van der Waals surface area contributed by atoms with E-state index in [1.807, 2.05) is 0 Å². The average Bonchev–Trinajstić information content (AvgIpc) is 3.16. The Morgan fingerprint density at radius 2 is 1.79 bits per heavy atom. The molecule has 0 aromatic carbocycles. The quantitative estimate of drug-likeness (QED) is 0.487. The van der Waals surface area contributed by atoms with Crippen molar-refractivity contribution >= 4 is 0 Å². The molecule has 3 aliphatic rings. The van der Waals surface area contributed by atoms with Crippen LogP contribution in [0.3, 0.4) is 0 Å². The van der Waals surface area contributed by atoms with Crippen LogP contribution in [0, 0.1) is 23.8 Å². The molecule has 3 heterocycles. The Labute approximate surface area is 177 Å². The molecule has 3 rings (SSSR count). The lowest BCUT2D eigenvalue weighted by Crippen LogP contribution is -2.44. The van der Waals surface area contributed by atoms with Gasteiger partial charge in [0.2, 0.25) is 0 Å². The number of nitrogens with zero attached hydrogens (tertiary/aromatic N) is 6. The van der Waals surface area contributed by atoms with Gasteiger partial charge in [0, 0.05) is 45.8 Å². The molecule has 0 aromatic heterocycles. The molecule has 0 radical (unpaired) electrons. The third kappa shape index (κ3) is 5.87. The molecule has 0 aliphatic carbocycles. The van der Waals surface area contributed by atoms with E-state index in [1.54, 1.807) is 0 Å². The van der Waals surface area contributed by atoms with Gasteiger partial charge in [0.05, 0.1) is 12.6 Å². The standard InChI is InChI=1S/C23H38N6/c1-20-8-7-13-28(20)17-16-26(3)23(22(18-24)25-2)29-14-9-21(10-15-29)19-27-11-5-4-6-12-27/h20-21H,4-17,19H2,1,3H3/t20-/m1/s1. The van der Waals surface area contributed by atoms with E-state index in [9.17, 15) is 5.26 Å². The van der Waals surface area contributed by atoms with Crippen molar-refractivity contribution in [3.05, 3.63) is 22.9 Å². The van der Waals surface area contributed by atoms with E-state index in [-0.39, 0.29) is 5.70 Å². The zero-order valence-corrected chi connectivity index (χ0v) is 18.4. The van der Waals surface area contributed by atoms with Crippen molar-refractivity contribution in [1.29, 1.82) is 5.26 Å². The summed E-state index contributed by atoms with van der Waals surface area (Å²) >= 11 is 0. The second-order valence-electron chi connectivity index (χ2n) is 9.14. The number of allylic oxidation sites excluding steroid dienone is 1. The van der Waals surface area contributed by atoms with Crippen molar-refractivity contribution in [1.82, 2.24) is 19.6 Å². The Bertz CT molecular complexity index is 615. The summed E-state index contributed by atoms with van der Waals surface area (Å²) < 4.78 is 0. The van der Waals surface area contributed by atoms with Crippen LogP contribution in [0.5, 0.6) is 0 Å². The van der Waals surface area contributed by atoms with Crippen molar-refractivity contribution in [2.24, 2.45) is 5.92 Å². The lowest BCUT2D eigenvalue weighted by molar-refractivity contribution is 0.125. The highest BCUT2D eigenvalue weighted by atomic mass is 15.3. The van der Waals surface area contributed by atoms with Crippen molar-refractivity contribution in [2.45, 2.75) is 57.9 Å². The molecule has 0 unspecified atom stereocenters. The number of hydrogen-bond acceptors (Lipinski definition) is 5. The fraction of sp³-hybridized carbons (Fsp3) is 0.826. The number of hydrogen-bond donors (Lipinski definition) is 0. The molecule has 3 aliphatic heterocycles. The first kappa shape index (κ1) is 21.9. The topological polar surface area (TPSA) is 41.1 Å². The molecular weight excluding hydrogens is 360 g/mol. The fourth-order valence-electron chi connectivity index (χ4n) is 5.24. The summed E-state index contributed by atoms with van der Waals surface area (Å²) in [6.07, 6.45) is 8.97. The number of rotatable bonds is 7. The minimum Gasteiger partial charge on any atom is -0.368 e. The van der Waals surface area contributed by atoms with E-state index in [0.29, 0.717) is 6.04 Å². The highest BCUT2D eigenvalue weighted by molar-refractivity contribution is 5.32. The van der Waals surface area contributed by atoms with Crippen LogP contribution in [0.25, 0.3) is 4.85 Å². The monoisotopic (exact) mass is 398 g/mol. The van der Waals surface area contributed by atoms with Crippen LogP contribution < -0.4 is 0 Å². The van der Waals surface area contributed by atoms with Gasteiger partial charge in [0.25, 0.3) is 0 Å². The Hall–Kier alpha value is -1.76. The van der Waals surface area contributed by atoms with E-state index in [2.05, 4.69) is 44.5 Å². The summed E-state index contributed by atoms with van der Waals surface area (Å²) in [5, 5.41) is 9.57. The van der Waals surface area contributed by atoms with Gasteiger partial charge in [-0.25, -0.2) is 10.1 Å². The maximum absolute atomic E-state index is 9.57. The van der Waals surface area contributed by atoms with Gasteiger partial charge in [-0.3, -0.25) is 4.90 Å². The molecule has 0 spiro atoms. The van der Waals surface area contributed by atoms with Crippen LogP contribution in [-0.2, 0) is 0 Å². The number of likely N-dealkylation sites (N-methyl/N-ethyl adjacent to an activating group) is 1. The number of likely N-dealkylation sites (tertiary alicyclic amines) is 3. The predicted octanol–water partition coefficient (Wildman–Crippen LogP) is 3.21. The molecule has 0 saturated carbocycles. The largest absolute Gasteiger partial charge is 0.368 e. The van der Waals surface area contributed by atoms with Gasteiger partial charge >= 0.3 is 5.70 Å². The lowest BCUT2D eigenvalue weighted by atomic mass is 9.95. The van der Waals surface area contributed by atoms with Crippen molar-refractivity contribution in [3.8, 4) is 6.07 Å². The van der Waals surface area contributed by atoms with Gasteiger partial charge in [0.15, 0.2) is 0 Å². The predicted molar refractivity (Wildman–Crippen MR) is 117 cm³/mol. The molecule has 0 N–H and O–H groups in total. The summed E-state index contributed by atoms with van der Waals surface area (Å²) in [6.45, 7) is 18.5. The fourth-order valence-corrected chi connectivity index (χ4v) is 5.24. The van der Waals surface area contributed by atoms with Crippen LogP contribution in [0.1, 0.15) is 51.9 Å². The van der Waals surface area contributed by atoms with Gasteiger partial charge < -0.3 is 14.7 Å². The summed E-state index contributed by atoms with van der Waals surface area (Å²) in [5.41, 5.74) is 0.247. The Morgan fingerprint density at radius 1 is 1.07 bits per heavy atom. The van der Waals surface area contributed by atoms with E-state index < -0.39 is 0 Å². The van der Waals surface area contributed by atoms with E-state index in [4.69, 9.17) is 6.57 Å². The first-order valence-electron chi connectivity index (χ1n) is 11.6. The Balaban J connectivity index is 1.57. The van der Waals surface area contributed by atoms with Crippen molar-refractivity contribution in [3.63, 3.8) is 0 Å². The normalized spacial score (nSPS) is 25.4. The molecule has 29 heavy (non-hydrogen) atoms. The molecule has 1 atom stereocenters. The summed E-state index contributed by atoms with van der Waals surface area (Å²) in [4.78, 5) is 13.2. The Kier molecular flexibility index (Phi) is 8.21. The second-order valence-corrected chi connectivity index (χ2v) is 9.14. The molecular formula is C23H38N6. The highest BCUT2D eigenvalue weighted by Gasteiger charge is 2.27. The summed E-state index contributed by atoms with van der Waals surface area (Å²) in [7, 11) is 2.05. The number of nitriles is 1. The van der Waals surface area contributed by atoms with Crippen molar-refractivity contribution < 1.29 is 0 Å². The second kappa shape index (κ2) is 10.9. The minimum absolute atomic E-state index is 0.247. The van der Waals surface area contributed by atoms with E-state index in [1.165, 1.54) is 58.3 Å². The molecule has 160 valence electrons. The highest BCUT2D eigenvalue weighted by Crippen LogP contribution is 2.26. The molecule has 3 fully saturated rings. The first-order chi connectivity index (χ1) is 14.1. The molecule has 0 aromatic rings. The molecule has 6 nitrogen and oxygen atoms in total. The average molecular weight is 399 g/mol. The maximum Gasteiger partial charge on any atom is 0.300 e. The minimum atomic E-state index is 0.247. The SMILES string of the molecule is [C-]#[N+]C(C#N)=C(N(C)CCN1CCC[C@H]1C)N1CCC(CN2CCCCC2)CC1. The van der Waals surface area contributed by atoms with Crippen LogP contribution >= 0.6 is 0 Å². The first-order valence-corrected chi connectivity index (χ1v) is 11.6. The van der Waals surface area contributed by atoms with E-state index >= 15 is 0 Å². The van der Waals surface area contributed by atoms with Crippen LogP contribution in [0.4, 0.5) is 0 Å². The van der Waals surface area contributed by atoms with Gasteiger partial charge in [-0.15, -0.1) is 0 Å². The van der Waals surface area contributed by atoms with Gasteiger partial charge in [-0.2, -0.15) is 0 Å². The third-order valence-electron chi connectivity index (χ3n) is 7.08. The molecule has 3 saturated heterocycles. The van der Waals surface area contributed by atoms with Gasteiger partial charge in [-0.05, 0) is 71.0 Å². The van der Waals surface area contributed by atoms with Gasteiger partial charge in [-0.1, -0.05) is 6.42 Å². The van der Waals surface area contributed by atoms with Gasteiger partial charge in [0.1, 0.15) is 5.82 Å². The lowest BCUT2D eigenvalue weighted by Gasteiger charge is -2.41. The van der Waals surface area contributed by atoms with Crippen LogP contribution in [-0.4, -0.2) is 85.0 Å². The smallest absolute Gasteiger partial charge is 0.300 e. The van der Waals surface area contributed by atoms with Crippen LogP contribution in [0.15, 0.2) is 11.5 Å². The van der Waals surface area contributed by atoms with E-state index in [0.717, 1.165) is 50.8 Å². The van der Waals surface area contributed by atoms with Crippen molar-refractivity contribution in [2.75, 3.05) is 59.4 Å². The summed E-state index contributed by atoms with van der Waals surface area (Å²) in [5.74, 6) is 1.60. The molecule has 0 bridgehead atoms. The summed E-state index contributed by atoms with van der Waals surface area (Å²) in [6, 6.07) is 2.81. The molecule has 0 amide bonds. The zero-order chi connectivity index (χ0) is 20.6. The number of piperidine rings is 2. The molecule has 6 heteroatoms. The third-order valence-corrected chi connectivity index (χ3v) is 7.08. The maximum atomic E-state index is 9.57.